The van der Waals surface area contributed by atoms with Crippen LogP contribution in [0.5, 0.6) is 0 Å². The van der Waals surface area contributed by atoms with E-state index in [0.29, 0.717) is 5.69 Å². The summed E-state index contributed by atoms with van der Waals surface area (Å²) in [5, 5.41) is 8.69. The van der Waals surface area contributed by atoms with Crippen molar-refractivity contribution in [3.05, 3.63) is 42.0 Å². The fourth-order valence-electron chi connectivity index (χ4n) is 1.41. The van der Waals surface area contributed by atoms with Crippen molar-refractivity contribution in [2.75, 3.05) is 4.90 Å². The van der Waals surface area contributed by atoms with Crippen LogP contribution < -0.4 is 64.0 Å². The van der Waals surface area contributed by atoms with Gasteiger partial charge in [-0.3, -0.25) is 9.59 Å². The van der Waals surface area contributed by atoms with Crippen LogP contribution in [0.1, 0.15) is 13.2 Å². The standard InChI is InChI=1S/C11H7NO4.2Na.2H/c13-9-5-6-10(14)12(9)8-3-1-7(2-4-8)11(15)16;;;;/h1-6H,(H,15,16);;;;/q;2*+1;2*-1. The molecular formula is C11H9NNa2O4. The molecule has 1 aliphatic rings. The molecule has 2 rings (SSSR count). The Balaban J connectivity index is -0.000000722. The summed E-state index contributed by atoms with van der Waals surface area (Å²) in [5.74, 6) is -1.90. The van der Waals surface area contributed by atoms with Crippen LogP contribution in [0.3, 0.4) is 0 Å². The van der Waals surface area contributed by atoms with Crippen molar-refractivity contribution >= 4 is 23.5 Å². The zero-order valence-electron chi connectivity index (χ0n) is 12.1. The van der Waals surface area contributed by atoms with E-state index in [9.17, 15) is 14.4 Å². The zero-order valence-corrected chi connectivity index (χ0v) is 14.1. The van der Waals surface area contributed by atoms with E-state index in [1.165, 1.54) is 36.4 Å². The molecule has 1 aromatic rings. The van der Waals surface area contributed by atoms with Crippen LogP contribution >= 0.6 is 0 Å². The number of carbonyl (C=O) groups excluding carboxylic acids is 2. The van der Waals surface area contributed by atoms with Gasteiger partial charge in [0.25, 0.3) is 11.8 Å². The summed E-state index contributed by atoms with van der Waals surface area (Å²) < 4.78 is 0. The van der Waals surface area contributed by atoms with Gasteiger partial charge in [0, 0.05) is 12.2 Å². The van der Waals surface area contributed by atoms with Crippen LogP contribution in [0.4, 0.5) is 5.69 Å². The van der Waals surface area contributed by atoms with Gasteiger partial charge in [-0.05, 0) is 24.3 Å². The number of carboxylic acids is 1. The Labute approximate surface area is 150 Å². The first-order chi connectivity index (χ1) is 7.59. The van der Waals surface area contributed by atoms with Crippen molar-refractivity contribution in [2.45, 2.75) is 0 Å². The normalized spacial score (nSPS) is 13.0. The monoisotopic (exact) mass is 265 g/mol. The SMILES string of the molecule is O=C(O)c1ccc(N2C(=O)C=CC2=O)cc1.[H-].[H-].[Na+].[Na+]. The van der Waals surface area contributed by atoms with Gasteiger partial charge in [-0.1, -0.05) is 0 Å². The van der Waals surface area contributed by atoms with Crippen molar-refractivity contribution in [2.24, 2.45) is 0 Å². The Kier molecular flexibility index (Phi) is 7.06. The van der Waals surface area contributed by atoms with E-state index in [2.05, 4.69) is 0 Å². The smallest absolute Gasteiger partial charge is 1.00 e. The number of carbonyl (C=O) groups is 3. The zero-order chi connectivity index (χ0) is 11.7. The minimum Gasteiger partial charge on any atom is -1.00 e. The molecule has 0 fully saturated rings. The summed E-state index contributed by atoms with van der Waals surface area (Å²) >= 11 is 0. The van der Waals surface area contributed by atoms with E-state index in [4.69, 9.17) is 5.11 Å². The molecule has 0 unspecified atom stereocenters. The first-order valence-electron chi connectivity index (χ1n) is 4.49. The molecule has 1 heterocycles. The van der Waals surface area contributed by atoms with Crippen LogP contribution in [0, 0.1) is 0 Å². The number of nitrogens with zero attached hydrogens (tertiary/aromatic N) is 1. The third-order valence-corrected chi connectivity index (χ3v) is 2.18. The van der Waals surface area contributed by atoms with Crippen LogP contribution in [-0.2, 0) is 9.59 Å². The second-order valence-electron chi connectivity index (χ2n) is 3.20. The van der Waals surface area contributed by atoms with Gasteiger partial charge in [0.05, 0.1) is 11.3 Å². The van der Waals surface area contributed by atoms with Gasteiger partial charge >= 0.3 is 65.1 Å². The summed E-state index contributed by atoms with van der Waals surface area (Å²) in [5.41, 5.74) is 0.473. The fourth-order valence-corrected chi connectivity index (χ4v) is 1.41. The molecule has 0 aromatic heterocycles. The van der Waals surface area contributed by atoms with E-state index in [1.807, 2.05) is 0 Å². The molecule has 0 bridgehead atoms. The Morgan fingerprint density at radius 2 is 1.44 bits per heavy atom. The second kappa shape index (κ2) is 7.23. The molecule has 1 N–H and O–H groups in total. The minimum absolute atomic E-state index is 0. The molecule has 5 nitrogen and oxygen atoms in total. The number of imide groups is 1. The first-order valence-corrected chi connectivity index (χ1v) is 4.49. The molecule has 0 saturated carbocycles. The second-order valence-corrected chi connectivity index (χ2v) is 3.20. The quantitative estimate of drug-likeness (QED) is 0.429. The molecule has 0 radical (unpaired) electrons. The first kappa shape index (κ1) is 17.6. The topological polar surface area (TPSA) is 74.7 Å². The van der Waals surface area contributed by atoms with Gasteiger partial charge in [0.2, 0.25) is 0 Å². The molecule has 0 atom stereocenters. The average Bonchev–Trinajstić information content (AvgIpc) is 2.59. The minimum atomic E-state index is -1.05. The van der Waals surface area contributed by atoms with Crippen molar-refractivity contribution in [1.29, 1.82) is 0 Å². The largest absolute Gasteiger partial charge is 1.00 e. The number of aromatic carboxylic acids is 1. The van der Waals surface area contributed by atoms with E-state index >= 15 is 0 Å². The Bertz CT molecular complexity index is 502. The predicted molar refractivity (Wildman–Crippen MR) is 57.3 cm³/mol. The molecule has 7 heteroatoms. The summed E-state index contributed by atoms with van der Waals surface area (Å²) in [4.78, 5) is 34.2. The number of amides is 2. The van der Waals surface area contributed by atoms with Crippen LogP contribution in [-0.4, -0.2) is 22.9 Å². The van der Waals surface area contributed by atoms with Crippen LogP contribution in [0.15, 0.2) is 36.4 Å². The van der Waals surface area contributed by atoms with Crippen molar-refractivity contribution in [3.63, 3.8) is 0 Å². The summed E-state index contributed by atoms with van der Waals surface area (Å²) in [6.45, 7) is 0. The van der Waals surface area contributed by atoms with Gasteiger partial charge in [-0.25, -0.2) is 9.69 Å². The maximum Gasteiger partial charge on any atom is 1.00 e. The number of hydrogen-bond acceptors (Lipinski definition) is 3. The number of carboxylic acid groups (broad SMARTS) is 1. The van der Waals surface area contributed by atoms with E-state index in [0.717, 1.165) is 4.90 Å². The number of benzene rings is 1. The maximum atomic E-state index is 11.3. The van der Waals surface area contributed by atoms with Crippen molar-refractivity contribution < 1.29 is 81.5 Å². The van der Waals surface area contributed by atoms with Crippen molar-refractivity contribution in [3.8, 4) is 0 Å². The summed E-state index contributed by atoms with van der Waals surface area (Å²) in [6, 6.07) is 5.53. The Morgan fingerprint density at radius 3 is 1.83 bits per heavy atom. The van der Waals surface area contributed by atoms with Crippen LogP contribution in [0.2, 0.25) is 0 Å². The molecule has 0 aliphatic carbocycles. The number of anilines is 1. The summed E-state index contributed by atoms with van der Waals surface area (Å²) in [7, 11) is 0. The molecule has 2 amide bonds. The summed E-state index contributed by atoms with van der Waals surface area (Å²) in [6.07, 6.45) is 2.35. The molecule has 1 aliphatic heterocycles. The van der Waals surface area contributed by atoms with E-state index in [-0.39, 0.29) is 67.5 Å². The van der Waals surface area contributed by atoms with E-state index < -0.39 is 17.8 Å². The van der Waals surface area contributed by atoms with Crippen LogP contribution in [0.25, 0.3) is 0 Å². The molecule has 0 spiro atoms. The third-order valence-electron chi connectivity index (χ3n) is 2.18. The molecule has 0 saturated heterocycles. The number of rotatable bonds is 2. The van der Waals surface area contributed by atoms with Crippen molar-refractivity contribution in [1.82, 2.24) is 0 Å². The van der Waals surface area contributed by atoms with Gasteiger partial charge in [0.15, 0.2) is 0 Å². The van der Waals surface area contributed by atoms with Gasteiger partial charge in [-0.2, -0.15) is 0 Å². The van der Waals surface area contributed by atoms with Gasteiger partial charge in [0.1, 0.15) is 0 Å². The molecule has 18 heavy (non-hydrogen) atoms. The predicted octanol–water partition coefficient (Wildman–Crippen LogP) is -4.95. The molecule has 84 valence electrons. The number of hydrogen-bond donors (Lipinski definition) is 1. The van der Waals surface area contributed by atoms with Gasteiger partial charge < -0.3 is 7.96 Å². The van der Waals surface area contributed by atoms with Gasteiger partial charge in [-0.15, -0.1) is 0 Å². The Morgan fingerprint density at radius 1 is 1.00 bits per heavy atom. The maximum absolute atomic E-state index is 11.3. The average molecular weight is 265 g/mol. The Hall–Kier alpha value is -0.430. The molecule has 1 aromatic carbocycles. The fraction of sp³-hybridized carbons (Fsp3) is 0. The molecular weight excluding hydrogens is 256 g/mol. The third kappa shape index (κ3) is 3.54. The van der Waals surface area contributed by atoms with E-state index in [1.54, 1.807) is 0 Å².